The van der Waals surface area contributed by atoms with E-state index in [4.69, 9.17) is 0 Å². The van der Waals surface area contributed by atoms with Crippen molar-refractivity contribution in [3.05, 3.63) is 0 Å². The lowest BCUT2D eigenvalue weighted by Crippen LogP contribution is -2.53. The van der Waals surface area contributed by atoms with Crippen LogP contribution in [-0.4, -0.2) is 43.0 Å². The van der Waals surface area contributed by atoms with Gasteiger partial charge in [-0.1, -0.05) is 13.8 Å². The number of amides is 3. The quantitative estimate of drug-likeness (QED) is 0.773. The van der Waals surface area contributed by atoms with Gasteiger partial charge >= 0.3 is 6.03 Å². The standard InChI is InChI=1S/C12H23N3O2/c1-9(2)10(11(16)13-3)14-12(17)15-7-5-4-6-8-15/h9-10H,4-8H2,1-3H3,(H,13,16)(H,14,17). The Hall–Kier alpha value is -1.26. The van der Waals surface area contributed by atoms with Gasteiger partial charge in [-0.05, 0) is 25.2 Å². The van der Waals surface area contributed by atoms with E-state index < -0.39 is 6.04 Å². The zero-order valence-electron chi connectivity index (χ0n) is 11.0. The van der Waals surface area contributed by atoms with Crippen LogP contribution in [0.3, 0.4) is 0 Å². The van der Waals surface area contributed by atoms with Gasteiger partial charge in [0.05, 0.1) is 0 Å². The zero-order valence-corrected chi connectivity index (χ0v) is 11.0. The van der Waals surface area contributed by atoms with E-state index in [0.29, 0.717) is 0 Å². The average Bonchev–Trinajstić information content (AvgIpc) is 2.35. The number of piperidine rings is 1. The van der Waals surface area contributed by atoms with Crippen molar-refractivity contribution < 1.29 is 9.59 Å². The Bertz CT molecular complexity index is 273. The molecular formula is C12H23N3O2. The van der Waals surface area contributed by atoms with Crippen molar-refractivity contribution in [2.45, 2.75) is 39.2 Å². The SMILES string of the molecule is CNC(=O)C(NC(=O)N1CCCCC1)C(C)C. The molecule has 0 bridgehead atoms. The molecule has 0 aliphatic carbocycles. The van der Waals surface area contributed by atoms with Crippen LogP contribution in [0.2, 0.25) is 0 Å². The van der Waals surface area contributed by atoms with Crippen molar-refractivity contribution in [1.82, 2.24) is 15.5 Å². The third-order valence-electron chi connectivity index (χ3n) is 3.12. The molecule has 1 aliphatic heterocycles. The molecule has 98 valence electrons. The van der Waals surface area contributed by atoms with Gasteiger partial charge in [0.2, 0.25) is 5.91 Å². The fourth-order valence-corrected chi connectivity index (χ4v) is 2.01. The van der Waals surface area contributed by atoms with E-state index >= 15 is 0 Å². The molecule has 1 unspecified atom stereocenters. The van der Waals surface area contributed by atoms with Crippen molar-refractivity contribution in [3.8, 4) is 0 Å². The number of likely N-dealkylation sites (tertiary alicyclic amines) is 1. The third-order valence-corrected chi connectivity index (χ3v) is 3.12. The van der Waals surface area contributed by atoms with Gasteiger partial charge in [0.15, 0.2) is 0 Å². The summed E-state index contributed by atoms with van der Waals surface area (Å²) in [5.41, 5.74) is 0. The van der Waals surface area contributed by atoms with Crippen LogP contribution in [0.5, 0.6) is 0 Å². The molecular weight excluding hydrogens is 218 g/mol. The molecule has 0 saturated carbocycles. The Morgan fingerprint density at radius 1 is 1.12 bits per heavy atom. The summed E-state index contributed by atoms with van der Waals surface area (Å²) in [6.45, 7) is 5.45. The normalized spacial score (nSPS) is 17.8. The highest BCUT2D eigenvalue weighted by Gasteiger charge is 2.26. The number of hydrogen-bond acceptors (Lipinski definition) is 2. The summed E-state index contributed by atoms with van der Waals surface area (Å²) in [5, 5.41) is 5.39. The Morgan fingerprint density at radius 2 is 1.71 bits per heavy atom. The molecule has 1 heterocycles. The molecule has 1 atom stereocenters. The largest absolute Gasteiger partial charge is 0.357 e. The van der Waals surface area contributed by atoms with Crippen LogP contribution in [0.25, 0.3) is 0 Å². The first kappa shape index (κ1) is 13.8. The Balaban J connectivity index is 2.54. The van der Waals surface area contributed by atoms with E-state index in [0.717, 1.165) is 25.9 Å². The molecule has 1 aliphatic rings. The Morgan fingerprint density at radius 3 is 2.18 bits per heavy atom. The Kier molecular flexibility index (Phi) is 5.25. The van der Waals surface area contributed by atoms with Gasteiger partial charge in [-0.25, -0.2) is 4.79 Å². The van der Waals surface area contributed by atoms with E-state index in [1.165, 1.54) is 6.42 Å². The van der Waals surface area contributed by atoms with E-state index in [2.05, 4.69) is 10.6 Å². The first-order valence-corrected chi connectivity index (χ1v) is 6.33. The maximum Gasteiger partial charge on any atom is 0.318 e. The van der Waals surface area contributed by atoms with E-state index in [-0.39, 0.29) is 17.9 Å². The van der Waals surface area contributed by atoms with Crippen LogP contribution < -0.4 is 10.6 Å². The van der Waals surface area contributed by atoms with Gasteiger partial charge in [-0.15, -0.1) is 0 Å². The van der Waals surface area contributed by atoms with Crippen LogP contribution in [0.15, 0.2) is 0 Å². The smallest absolute Gasteiger partial charge is 0.318 e. The lowest BCUT2D eigenvalue weighted by Gasteiger charge is -2.29. The summed E-state index contributed by atoms with van der Waals surface area (Å²) in [5.74, 6) is -0.0472. The summed E-state index contributed by atoms with van der Waals surface area (Å²) in [7, 11) is 1.59. The fraction of sp³-hybridized carbons (Fsp3) is 0.833. The second-order valence-electron chi connectivity index (χ2n) is 4.83. The summed E-state index contributed by atoms with van der Waals surface area (Å²) in [4.78, 5) is 25.4. The number of nitrogens with one attached hydrogen (secondary N) is 2. The maximum absolute atomic E-state index is 12.0. The molecule has 2 N–H and O–H groups in total. The van der Waals surface area contributed by atoms with Gasteiger partial charge in [0, 0.05) is 20.1 Å². The van der Waals surface area contributed by atoms with E-state index in [1.807, 2.05) is 13.8 Å². The highest BCUT2D eigenvalue weighted by Crippen LogP contribution is 2.10. The van der Waals surface area contributed by atoms with E-state index in [9.17, 15) is 9.59 Å². The number of rotatable bonds is 3. The van der Waals surface area contributed by atoms with Crippen LogP contribution in [0, 0.1) is 5.92 Å². The van der Waals surface area contributed by atoms with Crippen LogP contribution in [0.4, 0.5) is 4.79 Å². The molecule has 0 aromatic rings. The van der Waals surface area contributed by atoms with Crippen LogP contribution >= 0.6 is 0 Å². The molecule has 5 nitrogen and oxygen atoms in total. The summed E-state index contributed by atoms with van der Waals surface area (Å²) in [6.07, 6.45) is 3.30. The molecule has 0 aromatic carbocycles. The van der Waals surface area contributed by atoms with Crippen molar-refractivity contribution in [2.75, 3.05) is 20.1 Å². The second-order valence-corrected chi connectivity index (χ2v) is 4.83. The van der Waals surface area contributed by atoms with Crippen molar-refractivity contribution in [2.24, 2.45) is 5.92 Å². The maximum atomic E-state index is 12.0. The van der Waals surface area contributed by atoms with Crippen molar-refractivity contribution >= 4 is 11.9 Å². The number of likely N-dealkylation sites (N-methyl/N-ethyl adjacent to an activating group) is 1. The van der Waals surface area contributed by atoms with Gasteiger partial charge in [0.25, 0.3) is 0 Å². The molecule has 3 amide bonds. The molecule has 0 spiro atoms. The number of carbonyl (C=O) groups excluding carboxylic acids is 2. The highest BCUT2D eigenvalue weighted by atomic mass is 16.2. The van der Waals surface area contributed by atoms with Crippen molar-refractivity contribution in [3.63, 3.8) is 0 Å². The summed E-state index contributed by atoms with van der Waals surface area (Å²) < 4.78 is 0. The molecule has 1 rings (SSSR count). The number of carbonyl (C=O) groups is 2. The topological polar surface area (TPSA) is 61.4 Å². The van der Waals surface area contributed by atoms with E-state index in [1.54, 1.807) is 11.9 Å². The zero-order chi connectivity index (χ0) is 12.8. The van der Waals surface area contributed by atoms with Gasteiger partial charge in [-0.2, -0.15) is 0 Å². The lowest BCUT2D eigenvalue weighted by molar-refractivity contribution is -0.123. The van der Waals surface area contributed by atoms with Gasteiger partial charge < -0.3 is 15.5 Å². The van der Waals surface area contributed by atoms with Gasteiger partial charge in [-0.3, -0.25) is 4.79 Å². The predicted octanol–water partition coefficient (Wildman–Crippen LogP) is 0.952. The predicted molar refractivity (Wildman–Crippen MR) is 66.6 cm³/mol. The minimum Gasteiger partial charge on any atom is -0.357 e. The Labute approximate surface area is 103 Å². The number of hydrogen-bond donors (Lipinski definition) is 2. The first-order chi connectivity index (χ1) is 8.06. The lowest BCUT2D eigenvalue weighted by atomic mass is 10.0. The first-order valence-electron chi connectivity index (χ1n) is 6.33. The molecule has 0 radical (unpaired) electrons. The van der Waals surface area contributed by atoms with Gasteiger partial charge in [0.1, 0.15) is 6.04 Å². The number of nitrogens with zero attached hydrogens (tertiary/aromatic N) is 1. The summed E-state index contributed by atoms with van der Waals surface area (Å²) >= 11 is 0. The minimum absolute atomic E-state index is 0.0868. The molecule has 1 saturated heterocycles. The molecule has 0 aromatic heterocycles. The third kappa shape index (κ3) is 3.91. The second kappa shape index (κ2) is 6.47. The van der Waals surface area contributed by atoms with Crippen LogP contribution in [0.1, 0.15) is 33.1 Å². The average molecular weight is 241 g/mol. The van der Waals surface area contributed by atoms with Crippen molar-refractivity contribution in [1.29, 1.82) is 0 Å². The molecule has 17 heavy (non-hydrogen) atoms. The molecule has 1 fully saturated rings. The number of urea groups is 1. The fourth-order valence-electron chi connectivity index (χ4n) is 2.01. The summed E-state index contributed by atoms with van der Waals surface area (Å²) in [6, 6.07) is -0.568. The highest BCUT2D eigenvalue weighted by molar-refractivity contribution is 5.87. The van der Waals surface area contributed by atoms with Crippen LogP contribution in [-0.2, 0) is 4.79 Å². The molecule has 5 heteroatoms. The monoisotopic (exact) mass is 241 g/mol. The minimum atomic E-state index is -0.450.